The number of hydrogen-bond acceptors (Lipinski definition) is 0. The van der Waals surface area contributed by atoms with E-state index in [1.165, 1.54) is 18.9 Å². The zero-order chi connectivity index (χ0) is 10.2. The molecule has 0 aromatic heterocycles. The summed E-state index contributed by atoms with van der Waals surface area (Å²) in [6.45, 7) is 0. The molecule has 1 saturated carbocycles. The first-order valence-corrected chi connectivity index (χ1v) is 5.98. The topological polar surface area (TPSA) is 0 Å². The molecule has 0 aliphatic heterocycles. The van der Waals surface area contributed by atoms with Crippen molar-refractivity contribution in [3.63, 3.8) is 0 Å². The molecule has 1 aromatic carbocycles. The molecule has 0 bridgehead atoms. The third-order valence-electron chi connectivity index (χ3n) is 2.81. The summed E-state index contributed by atoms with van der Waals surface area (Å²) in [6, 6.07) is 4.82. The second kappa shape index (κ2) is 3.82. The highest BCUT2D eigenvalue weighted by Crippen LogP contribution is 2.49. The van der Waals surface area contributed by atoms with Crippen molar-refractivity contribution >= 4 is 27.5 Å². The predicted molar refractivity (Wildman–Crippen MR) is 60.2 cm³/mol. The van der Waals surface area contributed by atoms with Gasteiger partial charge in [0, 0.05) is 10.4 Å². The molecule has 1 aromatic rings. The molecule has 1 aliphatic carbocycles. The van der Waals surface area contributed by atoms with Gasteiger partial charge < -0.3 is 0 Å². The molecule has 14 heavy (non-hydrogen) atoms. The van der Waals surface area contributed by atoms with Gasteiger partial charge in [-0.05, 0) is 48.4 Å². The Kier molecular flexibility index (Phi) is 2.85. The van der Waals surface area contributed by atoms with Gasteiger partial charge in [-0.1, -0.05) is 15.9 Å². The Morgan fingerprint density at radius 1 is 1.43 bits per heavy atom. The van der Waals surface area contributed by atoms with Gasteiger partial charge in [0.25, 0.3) is 0 Å². The van der Waals surface area contributed by atoms with Crippen LogP contribution in [-0.4, -0.2) is 5.88 Å². The van der Waals surface area contributed by atoms with Crippen LogP contribution >= 0.6 is 27.5 Å². The summed E-state index contributed by atoms with van der Waals surface area (Å²) < 4.78 is 14.0. The third kappa shape index (κ3) is 2.12. The van der Waals surface area contributed by atoms with E-state index in [2.05, 4.69) is 15.9 Å². The van der Waals surface area contributed by atoms with Gasteiger partial charge >= 0.3 is 0 Å². The smallest absolute Gasteiger partial charge is 0.123 e. The van der Waals surface area contributed by atoms with Crippen molar-refractivity contribution in [1.82, 2.24) is 0 Å². The maximum Gasteiger partial charge on any atom is 0.123 e. The summed E-state index contributed by atoms with van der Waals surface area (Å²) >= 11 is 9.32. The average molecular weight is 278 g/mol. The predicted octanol–water partition coefficient (Wildman–Crippen LogP) is 4.15. The molecule has 76 valence electrons. The number of halogens is 3. The molecule has 1 aliphatic rings. The Labute approximate surface area is 96.6 Å². The fourth-order valence-electron chi connectivity index (χ4n) is 1.62. The molecule has 0 amide bonds. The van der Waals surface area contributed by atoms with Gasteiger partial charge in [-0.2, -0.15) is 0 Å². The Balaban J connectivity index is 2.20. The van der Waals surface area contributed by atoms with E-state index < -0.39 is 0 Å². The van der Waals surface area contributed by atoms with Crippen molar-refractivity contribution < 1.29 is 4.39 Å². The van der Waals surface area contributed by atoms with E-state index in [0.717, 1.165) is 16.5 Å². The van der Waals surface area contributed by atoms with E-state index in [1.54, 1.807) is 12.1 Å². The molecule has 0 spiro atoms. The van der Waals surface area contributed by atoms with Crippen LogP contribution in [0, 0.1) is 11.2 Å². The Morgan fingerprint density at radius 2 is 2.14 bits per heavy atom. The van der Waals surface area contributed by atoms with Crippen LogP contribution in [0.3, 0.4) is 0 Å². The number of benzene rings is 1. The molecule has 0 heterocycles. The van der Waals surface area contributed by atoms with Crippen molar-refractivity contribution in [1.29, 1.82) is 0 Å². The highest BCUT2D eigenvalue weighted by molar-refractivity contribution is 9.10. The Bertz CT molecular complexity index is 347. The van der Waals surface area contributed by atoms with Gasteiger partial charge in [0.05, 0.1) is 0 Å². The van der Waals surface area contributed by atoms with E-state index in [9.17, 15) is 4.39 Å². The largest absolute Gasteiger partial charge is 0.207 e. The molecule has 0 N–H and O–H groups in total. The average Bonchev–Trinajstić information content (AvgIpc) is 2.92. The van der Waals surface area contributed by atoms with E-state index in [-0.39, 0.29) is 11.2 Å². The zero-order valence-corrected chi connectivity index (χ0v) is 10.0. The summed E-state index contributed by atoms with van der Waals surface area (Å²) in [6.07, 6.45) is 3.22. The molecular formula is C11H11BrClF. The lowest BCUT2D eigenvalue weighted by molar-refractivity contribution is 0.569. The van der Waals surface area contributed by atoms with Crippen molar-refractivity contribution in [2.75, 3.05) is 5.88 Å². The fraction of sp³-hybridized carbons (Fsp3) is 0.455. The fourth-order valence-corrected chi connectivity index (χ4v) is 2.37. The van der Waals surface area contributed by atoms with Crippen LogP contribution in [0.2, 0.25) is 0 Å². The molecule has 2 rings (SSSR count). The van der Waals surface area contributed by atoms with Crippen LogP contribution in [0.15, 0.2) is 22.7 Å². The maximum absolute atomic E-state index is 13.0. The third-order valence-corrected chi connectivity index (χ3v) is 4.15. The van der Waals surface area contributed by atoms with E-state index in [1.807, 2.05) is 0 Å². The van der Waals surface area contributed by atoms with Gasteiger partial charge in [0.2, 0.25) is 0 Å². The lowest BCUT2D eigenvalue weighted by Gasteiger charge is -2.12. The molecule has 0 atom stereocenters. The molecular weight excluding hydrogens is 266 g/mol. The van der Waals surface area contributed by atoms with E-state index in [0.29, 0.717) is 5.88 Å². The van der Waals surface area contributed by atoms with Crippen molar-refractivity contribution in [3.05, 3.63) is 34.1 Å². The van der Waals surface area contributed by atoms with Crippen LogP contribution in [0.5, 0.6) is 0 Å². The second-order valence-electron chi connectivity index (χ2n) is 4.05. The number of hydrogen-bond donors (Lipinski definition) is 0. The van der Waals surface area contributed by atoms with Gasteiger partial charge in [0.15, 0.2) is 0 Å². The van der Waals surface area contributed by atoms with Crippen LogP contribution in [0.25, 0.3) is 0 Å². The SMILES string of the molecule is Fc1ccc(Br)c(CC2(CCl)CC2)c1. The van der Waals surface area contributed by atoms with Gasteiger partial charge in [-0.3, -0.25) is 0 Å². The van der Waals surface area contributed by atoms with Crippen LogP contribution in [-0.2, 0) is 6.42 Å². The lowest BCUT2D eigenvalue weighted by Crippen LogP contribution is -2.07. The molecule has 0 saturated heterocycles. The first-order chi connectivity index (χ1) is 6.65. The minimum atomic E-state index is -0.173. The van der Waals surface area contributed by atoms with E-state index >= 15 is 0 Å². The van der Waals surface area contributed by atoms with Crippen LogP contribution < -0.4 is 0 Å². The minimum absolute atomic E-state index is 0.173. The maximum atomic E-state index is 13.0. The molecule has 3 heteroatoms. The summed E-state index contributed by atoms with van der Waals surface area (Å²) in [5.74, 6) is 0.504. The van der Waals surface area contributed by atoms with Crippen LogP contribution in [0.1, 0.15) is 18.4 Å². The van der Waals surface area contributed by atoms with Gasteiger partial charge in [-0.15, -0.1) is 11.6 Å². The highest BCUT2D eigenvalue weighted by atomic mass is 79.9. The van der Waals surface area contributed by atoms with Gasteiger partial charge in [0.1, 0.15) is 5.82 Å². The Hall–Kier alpha value is -0.0800. The van der Waals surface area contributed by atoms with E-state index in [4.69, 9.17) is 11.6 Å². The van der Waals surface area contributed by atoms with Crippen LogP contribution in [0.4, 0.5) is 4.39 Å². The molecule has 1 fully saturated rings. The summed E-state index contributed by atoms with van der Waals surface area (Å²) in [4.78, 5) is 0. The molecule has 0 nitrogen and oxygen atoms in total. The highest BCUT2D eigenvalue weighted by Gasteiger charge is 2.41. The lowest BCUT2D eigenvalue weighted by atomic mass is 9.98. The Morgan fingerprint density at radius 3 is 2.71 bits per heavy atom. The standard InChI is InChI=1S/C11H11BrClF/c12-10-2-1-9(14)5-8(10)6-11(7-13)3-4-11/h1-2,5H,3-4,6-7H2. The van der Waals surface area contributed by atoms with Gasteiger partial charge in [-0.25, -0.2) is 4.39 Å². The number of alkyl halides is 1. The molecule has 0 unspecified atom stereocenters. The minimum Gasteiger partial charge on any atom is -0.207 e. The quantitative estimate of drug-likeness (QED) is 0.728. The first-order valence-electron chi connectivity index (χ1n) is 4.65. The monoisotopic (exact) mass is 276 g/mol. The zero-order valence-electron chi connectivity index (χ0n) is 7.69. The normalized spacial score (nSPS) is 18.2. The second-order valence-corrected chi connectivity index (χ2v) is 5.17. The summed E-state index contributed by atoms with van der Waals surface area (Å²) in [5.41, 5.74) is 1.28. The van der Waals surface area contributed by atoms with Crippen molar-refractivity contribution in [2.45, 2.75) is 19.3 Å². The first kappa shape index (κ1) is 10.4. The van der Waals surface area contributed by atoms with Crippen molar-refractivity contribution in [3.8, 4) is 0 Å². The summed E-state index contributed by atoms with van der Waals surface area (Å²) in [5, 5.41) is 0. The number of rotatable bonds is 3. The van der Waals surface area contributed by atoms with Crippen molar-refractivity contribution in [2.24, 2.45) is 5.41 Å². The summed E-state index contributed by atoms with van der Waals surface area (Å²) in [7, 11) is 0. The molecule has 0 radical (unpaired) electrons.